The van der Waals surface area contributed by atoms with Gasteiger partial charge in [0.25, 0.3) is 11.8 Å². The van der Waals surface area contributed by atoms with Crippen molar-refractivity contribution in [3.05, 3.63) is 46.8 Å². The smallest absolute Gasteiger partial charge is 0.325 e. The Bertz CT molecular complexity index is 824. The van der Waals surface area contributed by atoms with Crippen LogP contribution in [0, 0.1) is 6.92 Å². The first-order valence-electron chi connectivity index (χ1n) is 8.12. The number of aryl methyl sites for hydroxylation is 1. The minimum absolute atomic E-state index is 0.0132. The first-order chi connectivity index (χ1) is 12.2. The number of rotatable bonds is 6. The Balaban J connectivity index is 2.10. The third kappa shape index (κ3) is 4.27. The van der Waals surface area contributed by atoms with E-state index in [0.29, 0.717) is 28.3 Å². The van der Waals surface area contributed by atoms with Crippen molar-refractivity contribution in [3.8, 4) is 0 Å². The van der Waals surface area contributed by atoms with E-state index in [1.54, 1.807) is 19.1 Å². The molecule has 3 N–H and O–H groups in total. The summed E-state index contributed by atoms with van der Waals surface area (Å²) in [7, 11) is 0. The normalized spacial score (nSPS) is 11.9. The molecule has 1 aromatic heterocycles. The monoisotopic (exact) mass is 359 g/mol. The van der Waals surface area contributed by atoms with Crippen molar-refractivity contribution in [1.82, 2.24) is 10.5 Å². The molecule has 0 fully saturated rings. The van der Waals surface area contributed by atoms with Crippen LogP contribution >= 0.6 is 0 Å². The molecule has 0 aliphatic carbocycles. The number of amides is 2. The zero-order chi connectivity index (χ0) is 19.4. The summed E-state index contributed by atoms with van der Waals surface area (Å²) in [4.78, 5) is 35.2. The van der Waals surface area contributed by atoms with Crippen molar-refractivity contribution in [2.24, 2.45) is 0 Å². The van der Waals surface area contributed by atoms with Gasteiger partial charge < -0.3 is 20.3 Å². The molecule has 0 saturated heterocycles. The number of anilines is 1. The van der Waals surface area contributed by atoms with Crippen LogP contribution < -0.4 is 10.6 Å². The van der Waals surface area contributed by atoms with E-state index < -0.39 is 17.9 Å². The van der Waals surface area contributed by atoms with E-state index in [2.05, 4.69) is 15.8 Å². The average molecular weight is 359 g/mol. The van der Waals surface area contributed by atoms with E-state index in [-0.39, 0.29) is 11.8 Å². The molecule has 1 heterocycles. The SMILES string of the molecule is Cc1noc(C(C)C)c1C(=O)Nc1ccc(C(=O)NC(C)C(=O)O)cc1. The van der Waals surface area contributed by atoms with Crippen molar-refractivity contribution < 1.29 is 24.0 Å². The number of hydrogen-bond donors (Lipinski definition) is 3. The summed E-state index contributed by atoms with van der Waals surface area (Å²) >= 11 is 0. The Morgan fingerprint density at radius 3 is 2.23 bits per heavy atom. The molecule has 2 rings (SSSR count). The Morgan fingerprint density at radius 2 is 1.69 bits per heavy atom. The fourth-order valence-corrected chi connectivity index (χ4v) is 2.30. The Morgan fingerprint density at radius 1 is 1.08 bits per heavy atom. The molecular formula is C18H21N3O5. The van der Waals surface area contributed by atoms with Gasteiger partial charge in [0.2, 0.25) is 0 Å². The number of nitrogens with one attached hydrogen (secondary N) is 2. The molecule has 0 bridgehead atoms. The second kappa shape index (κ2) is 7.81. The summed E-state index contributed by atoms with van der Waals surface area (Å²) in [5.74, 6) is -1.44. The van der Waals surface area contributed by atoms with Crippen molar-refractivity contribution in [3.63, 3.8) is 0 Å². The summed E-state index contributed by atoms with van der Waals surface area (Å²) in [6, 6.07) is 5.15. The maximum Gasteiger partial charge on any atom is 0.325 e. The van der Waals surface area contributed by atoms with Gasteiger partial charge in [0.15, 0.2) is 5.76 Å². The molecule has 0 aliphatic heterocycles. The van der Waals surface area contributed by atoms with Gasteiger partial charge in [-0.1, -0.05) is 19.0 Å². The number of hydrogen-bond acceptors (Lipinski definition) is 5. The zero-order valence-corrected chi connectivity index (χ0v) is 15.0. The molecule has 1 aromatic carbocycles. The number of carbonyl (C=O) groups is 3. The topological polar surface area (TPSA) is 122 Å². The van der Waals surface area contributed by atoms with Crippen molar-refractivity contribution in [2.75, 3.05) is 5.32 Å². The highest BCUT2D eigenvalue weighted by Crippen LogP contribution is 2.23. The summed E-state index contributed by atoms with van der Waals surface area (Å²) < 4.78 is 5.21. The van der Waals surface area contributed by atoms with Crippen LogP contribution in [0.5, 0.6) is 0 Å². The highest BCUT2D eigenvalue weighted by molar-refractivity contribution is 6.06. The number of carbonyl (C=O) groups excluding carboxylic acids is 2. The van der Waals surface area contributed by atoms with Gasteiger partial charge in [0.05, 0.1) is 5.69 Å². The summed E-state index contributed by atoms with van der Waals surface area (Å²) in [5.41, 5.74) is 1.69. The van der Waals surface area contributed by atoms with Gasteiger partial charge in [-0.25, -0.2) is 0 Å². The van der Waals surface area contributed by atoms with Crippen LogP contribution in [-0.4, -0.2) is 34.1 Å². The fourth-order valence-electron chi connectivity index (χ4n) is 2.30. The average Bonchev–Trinajstić information content (AvgIpc) is 2.97. The number of aliphatic carboxylic acids is 1. The molecule has 8 heteroatoms. The van der Waals surface area contributed by atoms with Gasteiger partial charge in [-0.05, 0) is 38.1 Å². The number of carboxylic acid groups (broad SMARTS) is 1. The van der Waals surface area contributed by atoms with Crippen LogP contribution in [0.4, 0.5) is 5.69 Å². The van der Waals surface area contributed by atoms with Crippen LogP contribution in [0.2, 0.25) is 0 Å². The first-order valence-corrected chi connectivity index (χ1v) is 8.12. The molecule has 0 saturated carbocycles. The standard InChI is InChI=1S/C18H21N3O5/c1-9(2)15-14(10(3)21-26-15)17(23)20-13-7-5-12(6-8-13)16(22)19-11(4)18(24)25/h5-9,11H,1-4H3,(H,19,22)(H,20,23)(H,24,25). The summed E-state index contributed by atoms with van der Waals surface area (Å²) in [5, 5.41) is 17.8. The molecule has 8 nitrogen and oxygen atoms in total. The molecule has 0 radical (unpaired) electrons. The highest BCUT2D eigenvalue weighted by atomic mass is 16.5. The first kappa shape index (κ1) is 19.2. The maximum absolute atomic E-state index is 12.5. The lowest BCUT2D eigenvalue weighted by Gasteiger charge is -2.10. The van der Waals surface area contributed by atoms with E-state index in [4.69, 9.17) is 9.63 Å². The molecule has 0 spiro atoms. The molecule has 0 aliphatic rings. The highest BCUT2D eigenvalue weighted by Gasteiger charge is 2.22. The molecular weight excluding hydrogens is 338 g/mol. The van der Waals surface area contributed by atoms with E-state index in [1.165, 1.54) is 19.1 Å². The summed E-state index contributed by atoms with van der Waals surface area (Å²) in [6.45, 7) is 6.88. The largest absolute Gasteiger partial charge is 0.480 e. The number of benzene rings is 1. The van der Waals surface area contributed by atoms with Crippen molar-refractivity contribution in [1.29, 1.82) is 0 Å². The predicted molar refractivity (Wildman–Crippen MR) is 94.3 cm³/mol. The van der Waals surface area contributed by atoms with E-state index >= 15 is 0 Å². The zero-order valence-electron chi connectivity index (χ0n) is 15.0. The maximum atomic E-state index is 12.5. The van der Waals surface area contributed by atoms with E-state index in [9.17, 15) is 14.4 Å². The van der Waals surface area contributed by atoms with Gasteiger partial charge in [-0.2, -0.15) is 0 Å². The van der Waals surface area contributed by atoms with Crippen molar-refractivity contribution >= 4 is 23.5 Å². The Labute approximate surface area is 150 Å². The third-order valence-corrected chi connectivity index (χ3v) is 3.76. The van der Waals surface area contributed by atoms with Crippen LogP contribution in [-0.2, 0) is 4.79 Å². The second-order valence-electron chi connectivity index (χ2n) is 6.23. The van der Waals surface area contributed by atoms with E-state index in [1.807, 2.05) is 13.8 Å². The molecule has 2 aromatic rings. The number of nitrogens with zero attached hydrogens (tertiary/aromatic N) is 1. The Kier molecular flexibility index (Phi) is 5.76. The van der Waals surface area contributed by atoms with Crippen LogP contribution in [0.1, 0.15) is 58.9 Å². The molecule has 26 heavy (non-hydrogen) atoms. The predicted octanol–water partition coefficient (Wildman–Crippen LogP) is 2.56. The molecule has 138 valence electrons. The third-order valence-electron chi connectivity index (χ3n) is 3.76. The molecule has 1 atom stereocenters. The lowest BCUT2D eigenvalue weighted by atomic mass is 10.0. The minimum atomic E-state index is -1.12. The lowest BCUT2D eigenvalue weighted by molar-refractivity contribution is -0.138. The summed E-state index contributed by atoms with van der Waals surface area (Å²) in [6.07, 6.45) is 0. The van der Waals surface area contributed by atoms with Crippen molar-refractivity contribution in [2.45, 2.75) is 39.7 Å². The molecule has 2 amide bonds. The fraction of sp³-hybridized carbons (Fsp3) is 0.333. The van der Waals surface area contributed by atoms with Gasteiger partial charge >= 0.3 is 5.97 Å². The lowest BCUT2D eigenvalue weighted by Crippen LogP contribution is -2.38. The van der Waals surface area contributed by atoms with Crippen LogP contribution in [0.15, 0.2) is 28.8 Å². The quantitative estimate of drug-likeness (QED) is 0.729. The Hall–Kier alpha value is -3.16. The minimum Gasteiger partial charge on any atom is -0.480 e. The van der Waals surface area contributed by atoms with Crippen LogP contribution in [0.25, 0.3) is 0 Å². The van der Waals surface area contributed by atoms with Crippen LogP contribution in [0.3, 0.4) is 0 Å². The van der Waals surface area contributed by atoms with E-state index in [0.717, 1.165) is 0 Å². The number of aromatic nitrogens is 1. The molecule has 1 unspecified atom stereocenters. The number of carboxylic acids is 1. The van der Waals surface area contributed by atoms with Gasteiger partial charge in [0, 0.05) is 17.2 Å². The van der Waals surface area contributed by atoms with Gasteiger partial charge in [-0.15, -0.1) is 0 Å². The van der Waals surface area contributed by atoms with Gasteiger partial charge in [0.1, 0.15) is 11.6 Å². The van der Waals surface area contributed by atoms with Gasteiger partial charge in [-0.3, -0.25) is 14.4 Å². The second-order valence-corrected chi connectivity index (χ2v) is 6.23.